The van der Waals surface area contributed by atoms with Crippen LogP contribution < -0.4 is 10.1 Å². The van der Waals surface area contributed by atoms with E-state index >= 15 is 0 Å². The fourth-order valence-electron chi connectivity index (χ4n) is 2.42. The van der Waals surface area contributed by atoms with Crippen LogP contribution >= 0.6 is 31.9 Å². The standard InChI is InChI=1S/C16H13Br2NO2/c17-11-7-10(8-12(18)9-11)16(20)19-14-5-6-21-15-4-2-1-3-13(14)15/h1-4,7-9,14H,5-6H2,(H,19,20). The number of carbonyl (C=O) groups is 1. The molecule has 0 aliphatic carbocycles. The summed E-state index contributed by atoms with van der Waals surface area (Å²) in [5.74, 6) is 0.767. The summed E-state index contributed by atoms with van der Waals surface area (Å²) in [5, 5.41) is 3.09. The third-order valence-electron chi connectivity index (χ3n) is 3.39. The van der Waals surface area contributed by atoms with Gasteiger partial charge in [0.25, 0.3) is 5.91 Å². The Balaban J connectivity index is 1.82. The molecule has 0 saturated carbocycles. The molecule has 1 amide bonds. The van der Waals surface area contributed by atoms with Crippen LogP contribution in [0.25, 0.3) is 0 Å². The first-order valence-corrected chi connectivity index (χ1v) is 8.21. The molecule has 0 spiro atoms. The first-order chi connectivity index (χ1) is 10.1. The number of benzene rings is 2. The van der Waals surface area contributed by atoms with Crippen molar-refractivity contribution in [3.8, 4) is 5.75 Å². The van der Waals surface area contributed by atoms with E-state index in [4.69, 9.17) is 4.74 Å². The Morgan fingerprint density at radius 2 is 1.86 bits per heavy atom. The summed E-state index contributed by atoms with van der Waals surface area (Å²) in [5.41, 5.74) is 1.66. The predicted octanol–water partition coefficient (Wildman–Crippen LogP) is 4.47. The van der Waals surface area contributed by atoms with Crippen LogP contribution in [0.1, 0.15) is 28.4 Å². The minimum absolute atomic E-state index is 0.0137. The van der Waals surface area contributed by atoms with Gasteiger partial charge in [-0.2, -0.15) is 0 Å². The zero-order chi connectivity index (χ0) is 14.8. The monoisotopic (exact) mass is 409 g/mol. The van der Waals surface area contributed by atoms with E-state index in [0.717, 1.165) is 26.7 Å². The minimum Gasteiger partial charge on any atom is -0.493 e. The smallest absolute Gasteiger partial charge is 0.251 e. The van der Waals surface area contributed by atoms with Gasteiger partial charge in [0, 0.05) is 26.5 Å². The van der Waals surface area contributed by atoms with Crippen molar-refractivity contribution in [1.82, 2.24) is 5.32 Å². The molecule has 1 aliphatic rings. The average molecular weight is 411 g/mol. The molecule has 108 valence electrons. The van der Waals surface area contributed by atoms with Crippen molar-refractivity contribution in [1.29, 1.82) is 0 Å². The fourth-order valence-corrected chi connectivity index (χ4v) is 3.71. The summed E-state index contributed by atoms with van der Waals surface area (Å²) in [6, 6.07) is 13.3. The summed E-state index contributed by atoms with van der Waals surface area (Å²) < 4.78 is 7.35. The lowest BCUT2D eigenvalue weighted by molar-refractivity contribution is 0.0924. The van der Waals surface area contributed by atoms with Gasteiger partial charge in [-0.05, 0) is 24.3 Å². The van der Waals surface area contributed by atoms with Gasteiger partial charge in [0.05, 0.1) is 12.6 Å². The molecule has 1 unspecified atom stereocenters. The molecule has 3 nitrogen and oxygen atoms in total. The zero-order valence-electron chi connectivity index (χ0n) is 11.1. The molecule has 0 bridgehead atoms. The van der Waals surface area contributed by atoms with E-state index in [9.17, 15) is 4.79 Å². The second-order valence-electron chi connectivity index (χ2n) is 4.86. The maximum Gasteiger partial charge on any atom is 0.251 e. The molecule has 1 atom stereocenters. The summed E-state index contributed by atoms with van der Waals surface area (Å²) in [4.78, 5) is 12.4. The molecule has 2 aromatic carbocycles. The van der Waals surface area contributed by atoms with E-state index in [2.05, 4.69) is 37.2 Å². The van der Waals surface area contributed by atoms with E-state index in [1.54, 1.807) is 0 Å². The molecule has 0 radical (unpaired) electrons. The Kier molecular flexibility index (Phi) is 4.31. The molecular weight excluding hydrogens is 398 g/mol. The maximum atomic E-state index is 12.4. The van der Waals surface area contributed by atoms with Crippen LogP contribution in [0, 0.1) is 0 Å². The van der Waals surface area contributed by atoms with Crippen LogP contribution in [0.2, 0.25) is 0 Å². The van der Waals surface area contributed by atoms with Crippen molar-refractivity contribution >= 4 is 37.8 Å². The largest absolute Gasteiger partial charge is 0.493 e. The van der Waals surface area contributed by atoms with Crippen LogP contribution in [0.5, 0.6) is 5.75 Å². The van der Waals surface area contributed by atoms with Gasteiger partial charge in [-0.1, -0.05) is 50.1 Å². The van der Waals surface area contributed by atoms with Crippen LogP contribution in [0.3, 0.4) is 0 Å². The lowest BCUT2D eigenvalue weighted by Crippen LogP contribution is -2.32. The number of rotatable bonds is 2. The summed E-state index contributed by atoms with van der Waals surface area (Å²) in [7, 11) is 0. The van der Waals surface area contributed by atoms with Gasteiger partial charge in [0.15, 0.2) is 0 Å². The van der Waals surface area contributed by atoms with Crippen molar-refractivity contribution in [2.75, 3.05) is 6.61 Å². The SMILES string of the molecule is O=C(NC1CCOc2ccccc21)c1cc(Br)cc(Br)c1. The van der Waals surface area contributed by atoms with Crippen LogP contribution in [-0.2, 0) is 0 Å². The van der Waals surface area contributed by atoms with Crippen LogP contribution in [0.4, 0.5) is 0 Å². The van der Waals surface area contributed by atoms with Crippen molar-refractivity contribution in [2.45, 2.75) is 12.5 Å². The van der Waals surface area contributed by atoms with Crippen molar-refractivity contribution < 1.29 is 9.53 Å². The van der Waals surface area contributed by atoms with E-state index in [-0.39, 0.29) is 11.9 Å². The number of carbonyl (C=O) groups excluding carboxylic acids is 1. The third kappa shape index (κ3) is 3.30. The maximum absolute atomic E-state index is 12.4. The number of fused-ring (bicyclic) bond motifs is 1. The molecule has 2 aromatic rings. The first kappa shape index (κ1) is 14.6. The molecule has 1 N–H and O–H groups in total. The Morgan fingerprint density at radius 1 is 1.14 bits per heavy atom. The Bertz CT molecular complexity index is 667. The number of para-hydroxylation sites is 1. The molecule has 21 heavy (non-hydrogen) atoms. The Labute approximate surface area is 140 Å². The minimum atomic E-state index is -0.0845. The number of ether oxygens (including phenoxy) is 1. The first-order valence-electron chi connectivity index (χ1n) is 6.62. The lowest BCUT2D eigenvalue weighted by Gasteiger charge is -2.26. The molecule has 5 heteroatoms. The zero-order valence-corrected chi connectivity index (χ0v) is 14.3. The van der Waals surface area contributed by atoms with Gasteiger partial charge in [-0.3, -0.25) is 4.79 Å². The molecule has 3 rings (SSSR count). The topological polar surface area (TPSA) is 38.3 Å². The van der Waals surface area contributed by atoms with E-state index in [0.29, 0.717) is 12.2 Å². The molecule has 0 saturated heterocycles. The van der Waals surface area contributed by atoms with Crippen LogP contribution in [0.15, 0.2) is 51.4 Å². The van der Waals surface area contributed by atoms with E-state index < -0.39 is 0 Å². The van der Waals surface area contributed by atoms with E-state index in [1.807, 2.05) is 42.5 Å². The van der Waals surface area contributed by atoms with E-state index in [1.165, 1.54) is 0 Å². The van der Waals surface area contributed by atoms with Gasteiger partial charge in [0.1, 0.15) is 5.75 Å². The highest BCUT2D eigenvalue weighted by atomic mass is 79.9. The Morgan fingerprint density at radius 3 is 2.62 bits per heavy atom. The van der Waals surface area contributed by atoms with Gasteiger partial charge < -0.3 is 10.1 Å². The van der Waals surface area contributed by atoms with Gasteiger partial charge in [-0.25, -0.2) is 0 Å². The number of nitrogens with one attached hydrogen (secondary N) is 1. The number of hydrogen-bond donors (Lipinski definition) is 1. The van der Waals surface area contributed by atoms with Gasteiger partial charge >= 0.3 is 0 Å². The molecular formula is C16H13Br2NO2. The second-order valence-corrected chi connectivity index (χ2v) is 6.69. The fraction of sp³-hybridized carbons (Fsp3) is 0.188. The van der Waals surface area contributed by atoms with Crippen molar-refractivity contribution in [2.24, 2.45) is 0 Å². The predicted molar refractivity (Wildman–Crippen MR) is 88.6 cm³/mol. The quantitative estimate of drug-likeness (QED) is 0.793. The van der Waals surface area contributed by atoms with Crippen molar-refractivity contribution in [3.63, 3.8) is 0 Å². The molecule has 1 aliphatic heterocycles. The highest BCUT2D eigenvalue weighted by Crippen LogP contribution is 2.32. The number of hydrogen-bond acceptors (Lipinski definition) is 2. The van der Waals surface area contributed by atoms with Crippen molar-refractivity contribution in [3.05, 3.63) is 62.5 Å². The molecule has 0 aromatic heterocycles. The third-order valence-corrected chi connectivity index (χ3v) is 4.30. The Hall–Kier alpha value is -1.33. The van der Waals surface area contributed by atoms with Gasteiger partial charge in [-0.15, -0.1) is 0 Å². The highest BCUT2D eigenvalue weighted by molar-refractivity contribution is 9.11. The second kappa shape index (κ2) is 6.20. The number of amides is 1. The number of halogens is 2. The highest BCUT2D eigenvalue weighted by Gasteiger charge is 2.23. The van der Waals surface area contributed by atoms with Crippen LogP contribution in [-0.4, -0.2) is 12.5 Å². The summed E-state index contributed by atoms with van der Waals surface area (Å²) >= 11 is 6.80. The molecule has 1 heterocycles. The average Bonchev–Trinajstić information content (AvgIpc) is 2.46. The van der Waals surface area contributed by atoms with Gasteiger partial charge in [0.2, 0.25) is 0 Å². The summed E-state index contributed by atoms with van der Waals surface area (Å²) in [6.07, 6.45) is 0.776. The normalized spacial score (nSPS) is 16.8. The summed E-state index contributed by atoms with van der Waals surface area (Å²) in [6.45, 7) is 0.615. The molecule has 0 fully saturated rings. The lowest BCUT2D eigenvalue weighted by atomic mass is 10.00.